The van der Waals surface area contributed by atoms with Gasteiger partial charge in [-0.2, -0.15) is 0 Å². The fourth-order valence-electron chi connectivity index (χ4n) is 2.73. The normalized spacial score (nSPS) is 12.6. The topological polar surface area (TPSA) is 95.5 Å². The minimum absolute atomic E-state index is 0.00141. The molecule has 3 N–H and O–H groups in total. The van der Waals surface area contributed by atoms with Crippen molar-refractivity contribution in [3.63, 3.8) is 0 Å². The molecule has 0 aliphatic heterocycles. The van der Waals surface area contributed by atoms with Crippen molar-refractivity contribution in [1.29, 1.82) is 0 Å². The predicted molar refractivity (Wildman–Crippen MR) is 115 cm³/mol. The zero-order valence-corrected chi connectivity index (χ0v) is 17.7. The van der Waals surface area contributed by atoms with Crippen LogP contribution in [0.25, 0.3) is 0 Å². The molecule has 0 unspecified atom stereocenters. The Morgan fingerprint density at radius 2 is 1.61 bits per heavy atom. The Kier molecular flexibility index (Phi) is 8.43. The maximum atomic E-state index is 12.1. The SMILES string of the molecule is C[C@@H](NC(=O)CCC(=O)N[C@@H](Cc1cccc(I)c1)C(=O)O)c1ccccc1. The highest BCUT2D eigenvalue weighted by Gasteiger charge is 2.21. The number of carbonyl (C=O) groups excluding carboxylic acids is 2. The van der Waals surface area contributed by atoms with Crippen molar-refractivity contribution in [3.8, 4) is 0 Å². The van der Waals surface area contributed by atoms with Gasteiger partial charge in [0.05, 0.1) is 6.04 Å². The molecule has 2 aromatic rings. The molecule has 0 aliphatic carbocycles. The summed E-state index contributed by atoms with van der Waals surface area (Å²) in [4.78, 5) is 35.7. The lowest BCUT2D eigenvalue weighted by Crippen LogP contribution is -2.42. The summed E-state index contributed by atoms with van der Waals surface area (Å²) >= 11 is 2.15. The van der Waals surface area contributed by atoms with Crippen LogP contribution in [0.15, 0.2) is 54.6 Å². The van der Waals surface area contributed by atoms with Crippen LogP contribution in [0.4, 0.5) is 0 Å². The quantitative estimate of drug-likeness (QED) is 0.467. The fraction of sp³-hybridized carbons (Fsp3) is 0.286. The van der Waals surface area contributed by atoms with Crippen molar-refractivity contribution >= 4 is 40.4 Å². The van der Waals surface area contributed by atoms with E-state index in [0.29, 0.717) is 0 Å². The summed E-state index contributed by atoms with van der Waals surface area (Å²) in [7, 11) is 0. The third-order valence-corrected chi connectivity index (χ3v) is 4.89. The summed E-state index contributed by atoms with van der Waals surface area (Å²) in [6, 6.07) is 15.8. The van der Waals surface area contributed by atoms with Gasteiger partial charge in [0.1, 0.15) is 6.04 Å². The number of nitrogens with one attached hydrogen (secondary N) is 2. The van der Waals surface area contributed by atoms with Crippen molar-refractivity contribution in [2.45, 2.75) is 38.3 Å². The van der Waals surface area contributed by atoms with E-state index >= 15 is 0 Å². The summed E-state index contributed by atoms with van der Waals surface area (Å²) < 4.78 is 0.995. The molecule has 0 spiro atoms. The molecule has 6 nitrogen and oxygen atoms in total. The lowest BCUT2D eigenvalue weighted by molar-refractivity contribution is -0.141. The summed E-state index contributed by atoms with van der Waals surface area (Å²) in [5.41, 5.74) is 1.80. The van der Waals surface area contributed by atoms with Gasteiger partial charge in [0.2, 0.25) is 11.8 Å². The van der Waals surface area contributed by atoms with Gasteiger partial charge in [0, 0.05) is 22.8 Å². The molecule has 7 heteroatoms. The predicted octanol–water partition coefficient (Wildman–Crippen LogP) is 3.06. The molecule has 0 saturated heterocycles. The second-order valence-electron chi connectivity index (χ2n) is 6.49. The average molecular weight is 494 g/mol. The highest BCUT2D eigenvalue weighted by atomic mass is 127. The first-order valence-electron chi connectivity index (χ1n) is 8.96. The van der Waals surface area contributed by atoms with Gasteiger partial charge in [-0.05, 0) is 52.8 Å². The van der Waals surface area contributed by atoms with Crippen LogP contribution >= 0.6 is 22.6 Å². The number of amides is 2. The highest BCUT2D eigenvalue weighted by molar-refractivity contribution is 14.1. The van der Waals surface area contributed by atoms with E-state index < -0.39 is 17.9 Å². The minimum Gasteiger partial charge on any atom is -0.480 e. The fourth-order valence-corrected chi connectivity index (χ4v) is 3.34. The number of aliphatic carboxylic acids is 1. The molecule has 148 valence electrons. The molecule has 2 aromatic carbocycles. The molecule has 0 aromatic heterocycles. The zero-order valence-electron chi connectivity index (χ0n) is 15.5. The largest absolute Gasteiger partial charge is 0.480 e. The molecule has 0 heterocycles. The van der Waals surface area contributed by atoms with Crippen LogP contribution in [-0.4, -0.2) is 28.9 Å². The minimum atomic E-state index is -1.10. The number of carboxylic acids is 1. The Bertz CT molecular complexity index is 826. The number of carboxylic acid groups (broad SMARTS) is 1. The standard InChI is InChI=1S/C21H23IN2O4/c1-14(16-7-3-2-4-8-16)23-19(25)10-11-20(26)24-18(21(27)28)13-15-6-5-9-17(22)12-15/h2-9,12,14,18H,10-11,13H2,1H3,(H,23,25)(H,24,26)(H,27,28)/t14-,18+/m1/s1. The molecular formula is C21H23IN2O4. The van der Waals surface area contributed by atoms with Gasteiger partial charge >= 0.3 is 5.97 Å². The molecule has 28 heavy (non-hydrogen) atoms. The Balaban J connectivity index is 1.82. The van der Waals surface area contributed by atoms with E-state index in [4.69, 9.17) is 0 Å². The Labute approximate surface area is 177 Å². The lowest BCUT2D eigenvalue weighted by atomic mass is 10.1. The monoisotopic (exact) mass is 494 g/mol. The van der Waals surface area contributed by atoms with Crippen molar-refractivity contribution in [3.05, 3.63) is 69.3 Å². The van der Waals surface area contributed by atoms with Crippen LogP contribution < -0.4 is 10.6 Å². The number of halogens is 1. The molecular weight excluding hydrogens is 471 g/mol. The number of hydrogen-bond donors (Lipinski definition) is 3. The van der Waals surface area contributed by atoms with Crippen LogP contribution in [-0.2, 0) is 20.8 Å². The number of rotatable bonds is 9. The molecule has 0 radical (unpaired) electrons. The first kappa shape index (κ1) is 21.9. The number of carbonyl (C=O) groups is 3. The Morgan fingerprint density at radius 3 is 2.21 bits per heavy atom. The van der Waals surface area contributed by atoms with Gasteiger partial charge < -0.3 is 15.7 Å². The van der Waals surface area contributed by atoms with Gasteiger partial charge in [0.25, 0.3) is 0 Å². The average Bonchev–Trinajstić information content (AvgIpc) is 2.66. The molecule has 0 aliphatic rings. The van der Waals surface area contributed by atoms with Crippen LogP contribution in [0.3, 0.4) is 0 Å². The van der Waals surface area contributed by atoms with E-state index in [0.717, 1.165) is 14.7 Å². The van der Waals surface area contributed by atoms with Crippen LogP contribution in [0, 0.1) is 3.57 Å². The van der Waals surface area contributed by atoms with Crippen molar-refractivity contribution in [2.75, 3.05) is 0 Å². The first-order valence-corrected chi connectivity index (χ1v) is 10.0. The summed E-state index contributed by atoms with van der Waals surface area (Å²) in [6.45, 7) is 1.87. The third kappa shape index (κ3) is 7.30. The van der Waals surface area contributed by atoms with Crippen LogP contribution in [0.5, 0.6) is 0 Å². The lowest BCUT2D eigenvalue weighted by Gasteiger charge is -2.16. The number of hydrogen-bond acceptors (Lipinski definition) is 3. The maximum absolute atomic E-state index is 12.1. The van der Waals surface area contributed by atoms with Crippen molar-refractivity contribution in [2.24, 2.45) is 0 Å². The van der Waals surface area contributed by atoms with Crippen LogP contribution in [0.1, 0.15) is 36.9 Å². The second-order valence-corrected chi connectivity index (χ2v) is 7.74. The zero-order chi connectivity index (χ0) is 20.5. The van der Waals surface area contributed by atoms with E-state index in [1.165, 1.54) is 0 Å². The van der Waals surface area contributed by atoms with E-state index in [9.17, 15) is 19.5 Å². The van der Waals surface area contributed by atoms with Crippen molar-refractivity contribution in [1.82, 2.24) is 10.6 Å². The summed E-state index contributed by atoms with van der Waals surface area (Å²) in [6.07, 6.45) is 0.122. The Morgan fingerprint density at radius 1 is 0.964 bits per heavy atom. The van der Waals surface area contributed by atoms with Crippen molar-refractivity contribution < 1.29 is 19.5 Å². The summed E-state index contributed by atoms with van der Waals surface area (Å²) in [5, 5.41) is 14.7. The van der Waals surface area contributed by atoms with Gasteiger partial charge in [0.15, 0.2) is 0 Å². The van der Waals surface area contributed by atoms with Gasteiger partial charge in [-0.1, -0.05) is 42.5 Å². The Hall–Kier alpha value is -2.42. The molecule has 0 fully saturated rings. The van der Waals surface area contributed by atoms with E-state index in [2.05, 4.69) is 33.2 Å². The van der Waals surface area contributed by atoms with Crippen LogP contribution in [0.2, 0.25) is 0 Å². The molecule has 0 saturated carbocycles. The van der Waals surface area contributed by atoms with Gasteiger partial charge in [-0.3, -0.25) is 9.59 Å². The maximum Gasteiger partial charge on any atom is 0.326 e. The van der Waals surface area contributed by atoms with Gasteiger partial charge in [-0.25, -0.2) is 4.79 Å². The molecule has 2 atom stereocenters. The van der Waals surface area contributed by atoms with E-state index in [-0.39, 0.29) is 31.2 Å². The van der Waals surface area contributed by atoms with Gasteiger partial charge in [-0.15, -0.1) is 0 Å². The summed E-state index contributed by atoms with van der Waals surface area (Å²) in [5.74, 6) is -1.81. The van der Waals surface area contributed by atoms with E-state index in [1.54, 1.807) is 0 Å². The third-order valence-electron chi connectivity index (χ3n) is 4.22. The highest BCUT2D eigenvalue weighted by Crippen LogP contribution is 2.12. The molecule has 2 rings (SSSR count). The molecule has 0 bridgehead atoms. The number of benzene rings is 2. The second kappa shape index (κ2) is 10.8. The smallest absolute Gasteiger partial charge is 0.326 e. The molecule has 2 amide bonds. The van der Waals surface area contributed by atoms with E-state index in [1.807, 2.05) is 61.5 Å². The first-order chi connectivity index (χ1) is 13.3.